The number of imide groups is 2. The number of benzene rings is 3. The van der Waals surface area contributed by atoms with Crippen LogP contribution >= 0.6 is 11.6 Å². The number of carboxylic acid groups (broad SMARTS) is 1. The molecular weight excluding hydrogens is 714 g/mol. The van der Waals surface area contributed by atoms with Gasteiger partial charge in [0.05, 0.1) is 35.3 Å². The smallest absolute Gasteiger partial charge is 0.508 e. The second kappa shape index (κ2) is 12.7. The largest absolute Gasteiger partial charge is 0.573 e. The van der Waals surface area contributed by atoms with Gasteiger partial charge in [0.15, 0.2) is 0 Å². The second-order valence-corrected chi connectivity index (χ2v) is 13.6. The van der Waals surface area contributed by atoms with Crippen LogP contribution in [-0.2, 0) is 29.4 Å². The number of hydrogen-bond acceptors (Lipinski definition) is 8. The minimum absolute atomic E-state index is 0.0539. The number of allylic oxidation sites excluding steroid dienone is 2. The van der Waals surface area contributed by atoms with Crippen molar-refractivity contribution in [3.05, 3.63) is 100 Å². The predicted molar refractivity (Wildman–Crippen MR) is 173 cm³/mol. The second-order valence-electron chi connectivity index (χ2n) is 13.1. The van der Waals surface area contributed by atoms with Gasteiger partial charge in [0.25, 0.3) is 11.8 Å². The Balaban J connectivity index is 1.45. The lowest BCUT2D eigenvalue weighted by molar-refractivity contribution is -0.274. The molecule has 1 saturated carbocycles. The summed E-state index contributed by atoms with van der Waals surface area (Å²) in [5.74, 6) is -11.8. The zero-order valence-corrected chi connectivity index (χ0v) is 27.5. The maximum absolute atomic E-state index is 15.1. The molecule has 2 aliphatic carbocycles. The first-order valence-electron chi connectivity index (χ1n) is 16.1. The monoisotopic (exact) mass is 741 g/mol. The molecule has 2 aliphatic heterocycles. The Bertz CT molecular complexity index is 2040. The number of anilines is 1. The Labute approximate surface area is 297 Å². The minimum atomic E-state index is -5.14. The maximum atomic E-state index is 15.1. The third-order valence-corrected chi connectivity index (χ3v) is 10.7. The fourth-order valence-electron chi connectivity index (χ4n) is 8.45. The number of likely N-dealkylation sites (tertiary alicyclic amines) is 1. The lowest BCUT2D eigenvalue weighted by atomic mass is 9.49. The summed E-state index contributed by atoms with van der Waals surface area (Å²) in [6.45, 7) is -0.395. The topological polar surface area (TPSA) is 154 Å². The number of fused-ring (bicyclic) bond motifs is 4. The van der Waals surface area contributed by atoms with Gasteiger partial charge in [-0.3, -0.25) is 34.3 Å². The number of aromatic hydroxyl groups is 1. The number of alkyl halides is 3. The van der Waals surface area contributed by atoms with E-state index in [1.165, 1.54) is 36.4 Å². The summed E-state index contributed by atoms with van der Waals surface area (Å²) in [6.07, 6.45) is -4.28. The van der Waals surface area contributed by atoms with Crippen molar-refractivity contribution >= 4 is 46.9 Å². The molecule has 2 saturated heterocycles. The van der Waals surface area contributed by atoms with Crippen molar-refractivity contribution in [2.24, 2.45) is 23.7 Å². The van der Waals surface area contributed by atoms with Crippen molar-refractivity contribution in [2.75, 3.05) is 12.0 Å². The van der Waals surface area contributed by atoms with E-state index in [0.29, 0.717) is 5.57 Å². The van der Waals surface area contributed by atoms with E-state index in [-0.39, 0.29) is 34.7 Å². The van der Waals surface area contributed by atoms with Crippen LogP contribution in [0.3, 0.4) is 0 Å². The quantitative estimate of drug-likeness (QED) is 0.153. The van der Waals surface area contributed by atoms with Gasteiger partial charge in [0, 0.05) is 23.0 Å². The molecule has 11 nitrogen and oxygen atoms in total. The van der Waals surface area contributed by atoms with Crippen LogP contribution in [0.5, 0.6) is 11.5 Å². The van der Waals surface area contributed by atoms with Crippen LogP contribution in [-0.4, -0.2) is 62.6 Å². The average molecular weight is 742 g/mol. The normalized spacial score (nSPS) is 26.9. The molecule has 4 aliphatic rings. The van der Waals surface area contributed by atoms with Gasteiger partial charge >= 0.3 is 12.3 Å². The molecule has 16 heteroatoms. The van der Waals surface area contributed by atoms with Gasteiger partial charge in [0.1, 0.15) is 17.3 Å². The molecule has 3 fully saturated rings. The van der Waals surface area contributed by atoms with E-state index in [9.17, 15) is 47.0 Å². The number of nitrogens with one attached hydrogen (secondary N) is 1. The third-order valence-electron chi connectivity index (χ3n) is 10.4. The van der Waals surface area contributed by atoms with Gasteiger partial charge in [-0.1, -0.05) is 35.4 Å². The number of hydrazine groups is 1. The van der Waals surface area contributed by atoms with Crippen molar-refractivity contribution < 1.29 is 56.5 Å². The van der Waals surface area contributed by atoms with Gasteiger partial charge in [-0.15, -0.1) is 13.2 Å². The first-order valence-corrected chi connectivity index (χ1v) is 16.5. The molecule has 270 valence electrons. The standard InChI is InChI=1S/C36H28ClF4N3O8/c37-18-3-1-17(2-4-18)35-26(32(49)44(34(35)51)42-20-7-5-19(38)6-8-20)16-24-22(30(35)25-15-21(9-12-27(25)45)52-36(39,40)41)10-11-23-29(24)33(50)43(31(23)48)14-13-28(46)47/h1-10,12,15,23-24,26,29-30,42,45H,11,13-14,16H2,(H,46,47). The number of phenolic OH excluding ortho intramolecular Hbond substituents is 1. The summed E-state index contributed by atoms with van der Waals surface area (Å²) in [5, 5.41) is 21.7. The average Bonchev–Trinajstić information content (AvgIpc) is 3.46. The highest BCUT2D eigenvalue weighted by atomic mass is 35.5. The fraction of sp³-hybridized carbons (Fsp3) is 0.306. The van der Waals surface area contributed by atoms with Crippen molar-refractivity contribution in [3.8, 4) is 11.5 Å². The number of nitrogens with zero attached hydrogens (tertiary/aromatic N) is 2. The van der Waals surface area contributed by atoms with Crippen LogP contribution < -0.4 is 10.2 Å². The van der Waals surface area contributed by atoms with Crippen LogP contribution in [0.1, 0.15) is 36.3 Å². The highest BCUT2D eigenvalue weighted by molar-refractivity contribution is 6.30. The Morgan fingerprint density at radius 2 is 1.65 bits per heavy atom. The van der Waals surface area contributed by atoms with Crippen LogP contribution in [0.2, 0.25) is 5.02 Å². The van der Waals surface area contributed by atoms with Crippen molar-refractivity contribution in [2.45, 2.75) is 37.0 Å². The lowest BCUT2D eigenvalue weighted by Gasteiger charge is -2.50. The van der Waals surface area contributed by atoms with Crippen molar-refractivity contribution in [1.82, 2.24) is 9.91 Å². The van der Waals surface area contributed by atoms with Gasteiger partial charge in [0.2, 0.25) is 11.8 Å². The Morgan fingerprint density at radius 1 is 0.962 bits per heavy atom. The zero-order chi connectivity index (χ0) is 37.3. The molecule has 7 rings (SSSR count). The van der Waals surface area contributed by atoms with E-state index in [0.717, 1.165) is 40.2 Å². The summed E-state index contributed by atoms with van der Waals surface area (Å²) < 4.78 is 58.5. The highest BCUT2D eigenvalue weighted by Gasteiger charge is 2.70. The molecule has 0 bridgehead atoms. The predicted octanol–water partition coefficient (Wildman–Crippen LogP) is 5.54. The first-order chi connectivity index (χ1) is 24.6. The first kappa shape index (κ1) is 35.0. The number of hydrogen-bond donors (Lipinski definition) is 3. The Morgan fingerprint density at radius 3 is 2.31 bits per heavy atom. The lowest BCUT2D eigenvalue weighted by Crippen LogP contribution is -2.53. The van der Waals surface area contributed by atoms with Gasteiger partial charge in [-0.05, 0) is 78.9 Å². The maximum Gasteiger partial charge on any atom is 0.573 e. The number of rotatable bonds is 8. The number of ether oxygens (including phenoxy) is 1. The van der Waals surface area contributed by atoms with Gasteiger partial charge in [-0.25, -0.2) is 4.39 Å². The van der Waals surface area contributed by atoms with E-state index in [1.54, 1.807) is 6.08 Å². The summed E-state index contributed by atoms with van der Waals surface area (Å²) in [7, 11) is 0. The number of aliphatic carboxylic acids is 1. The molecular formula is C36H28ClF4N3O8. The molecule has 6 atom stereocenters. The van der Waals surface area contributed by atoms with E-state index in [1.807, 2.05) is 0 Å². The summed E-state index contributed by atoms with van der Waals surface area (Å²) >= 11 is 6.24. The van der Waals surface area contributed by atoms with E-state index in [2.05, 4.69) is 10.2 Å². The molecule has 0 aromatic heterocycles. The molecule has 0 radical (unpaired) electrons. The number of carbonyl (C=O) groups excluding carboxylic acids is 4. The number of amides is 4. The third kappa shape index (κ3) is 5.63. The molecule has 3 aromatic rings. The van der Waals surface area contributed by atoms with Crippen molar-refractivity contribution in [1.29, 1.82) is 0 Å². The number of carbonyl (C=O) groups is 5. The summed E-state index contributed by atoms with van der Waals surface area (Å²) in [5.41, 5.74) is 1.22. The van der Waals surface area contributed by atoms with E-state index >= 15 is 4.79 Å². The molecule has 2 heterocycles. The van der Waals surface area contributed by atoms with Crippen LogP contribution in [0, 0.1) is 29.5 Å². The number of halogens is 5. The Kier molecular flexibility index (Phi) is 8.51. The molecule has 3 N–H and O–H groups in total. The molecule has 6 unspecified atom stereocenters. The van der Waals surface area contributed by atoms with Crippen LogP contribution in [0.15, 0.2) is 78.4 Å². The number of phenols is 1. The zero-order valence-electron chi connectivity index (χ0n) is 26.8. The summed E-state index contributed by atoms with van der Waals surface area (Å²) in [4.78, 5) is 69.4. The molecule has 4 amide bonds. The van der Waals surface area contributed by atoms with Gasteiger partial charge < -0.3 is 14.9 Å². The van der Waals surface area contributed by atoms with Crippen LogP contribution in [0.25, 0.3) is 0 Å². The molecule has 52 heavy (non-hydrogen) atoms. The molecule has 0 spiro atoms. The Hall–Kier alpha value is -5.44. The number of carboxylic acids is 1. The fourth-order valence-corrected chi connectivity index (χ4v) is 8.58. The summed E-state index contributed by atoms with van der Waals surface area (Å²) in [6, 6.07) is 13.5. The van der Waals surface area contributed by atoms with Crippen molar-refractivity contribution in [3.63, 3.8) is 0 Å². The van der Waals surface area contributed by atoms with E-state index in [4.69, 9.17) is 11.6 Å². The van der Waals surface area contributed by atoms with E-state index < -0.39 is 101 Å². The van der Waals surface area contributed by atoms with Crippen LogP contribution in [0.4, 0.5) is 23.2 Å². The highest BCUT2D eigenvalue weighted by Crippen LogP contribution is 2.65. The van der Waals surface area contributed by atoms with Gasteiger partial charge in [-0.2, -0.15) is 5.01 Å². The minimum Gasteiger partial charge on any atom is -0.508 e. The molecule has 3 aromatic carbocycles. The SMILES string of the molecule is O=C(O)CCN1C(=O)C2CC=C3C(CC4C(=O)N(Nc5ccc(F)cc5)C(=O)C4(c4ccc(Cl)cc4)C3c3cc(OC(F)(F)F)ccc3O)C2C1=O.